The lowest BCUT2D eigenvalue weighted by Gasteiger charge is -2.25. The molecule has 10 heteroatoms. The molecule has 1 atom stereocenters. The number of hydrogen-bond donors (Lipinski definition) is 0. The molecular formula is C26H24I2N2O4S2. The van der Waals surface area contributed by atoms with Gasteiger partial charge in [0.1, 0.15) is 5.75 Å². The highest BCUT2D eigenvalue weighted by Crippen LogP contribution is 2.32. The fraction of sp³-hybridized carbons (Fsp3) is 0.269. The summed E-state index contributed by atoms with van der Waals surface area (Å²) >= 11 is 7.42. The lowest BCUT2D eigenvalue weighted by Crippen LogP contribution is -2.40. The van der Waals surface area contributed by atoms with Crippen molar-refractivity contribution < 1.29 is 14.3 Å². The molecule has 4 rings (SSSR count). The minimum absolute atomic E-state index is 0.212. The van der Waals surface area contributed by atoms with Gasteiger partial charge in [-0.1, -0.05) is 23.5 Å². The molecule has 0 unspecified atom stereocenters. The van der Waals surface area contributed by atoms with Crippen LogP contribution in [0.15, 0.2) is 62.4 Å². The summed E-state index contributed by atoms with van der Waals surface area (Å²) in [5, 5.41) is 0. The number of methoxy groups -OCH3 is 1. The first-order valence-corrected chi connectivity index (χ1v) is 15.2. The van der Waals surface area contributed by atoms with Crippen molar-refractivity contribution in [2.24, 2.45) is 4.99 Å². The number of allylic oxidation sites excluding steroid dienone is 1. The third kappa shape index (κ3) is 5.46. The molecule has 1 aromatic heterocycles. The fourth-order valence-electron chi connectivity index (χ4n) is 4.01. The van der Waals surface area contributed by atoms with Gasteiger partial charge in [0.25, 0.3) is 5.56 Å². The lowest BCUT2D eigenvalue weighted by atomic mass is 9.96. The summed E-state index contributed by atoms with van der Waals surface area (Å²) in [6.45, 7) is 5.41. The van der Waals surface area contributed by atoms with E-state index >= 15 is 0 Å². The van der Waals surface area contributed by atoms with E-state index in [-0.39, 0.29) is 11.7 Å². The number of rotatable bonds is 6. The second-order valence-corrected chi connectivity index (χ2v) is 12.6. The summed E-state index contributed by atoms with van der Waals surface area (Å²) in [5.41, 5.74) is 2.35. The molecule has 0 radical (unpaired) electrons. The van der Waals surface area contributed by atoms with Crippen LogP contribution < -0.4 is 19.6 Å². The Hall–Kier alpha value is -1.64. The minimum Gasteiger partial charge on any atom is -0.495 e. The van der Waals surface area contributed by atoms with Crippen LogP contribution in [0.1, 0.15) is 37.9 Å². The number of carbonyl (C=O) groups is 1. The Balaban J connectivity index is 1.97. The topological polar surface area (TPSA) is 69.9 Å². The van der Waals surface area contributed by atoms with Crippen molar-refractivity contribution in [1.29, 1.82) is 0 Å². The van der Waals surface area contributed by atoms with Crippen molar-refractivity contribution in [3.05, 3.63) is 85.6 Å². The average Bonchev–Trinajstić information content (AvgIpc) is 3.12. The predicted molar refractivity (Wildman–Crippen MR) is 162 cm³/mol. The van der Waals surface area contributed by atoms with Crippen LogP contribution in [-0.4, -0.2) is 30.0 Å². The summed E-state index contributed by atoms with van der Waals surface area (Å²) < 4.78 is 15.3. The second-order valence-electron chi connectivity index (χ2n) is 8.32. The Kier molecular flexibility index (Phi) is 8.67. The van der Waals surface area contributed by atoms with Crippen molar-refractivity contribution in [2.45, 2.75) is 37.8 Å². The lowest BCUT2D eigenvalue weighted by molar-refractivity contribution is -0.143. The smallest absolute Gasteiger partial charge is 0.338 e. The number of esters is 1. The molecule has 2 heterocycles. The Morgan fingerprint density at radius 2 is 1.92 bits per heavy atom. The maximum Gasteiger partial charge on any atom is 0.338 e. The van der Waals surface area contributed by atoms with Crippen LogP contribution in [0.4, 0.5) is 0 Å². The van der Waals surface area contributed by atoms with Crippen LogP contribution in [0.3, 0.4) is 0 Å². The van der Waals surface area contributed by atoms with E-state index in [0.717, 1.165) is 23.2 Å². The van der Waals surface area contributed by atoms with Crippen LogP contribution in [0.25, 0.3) is 6.08 Å². The number of aromatic nitrogens is 1. The van der Waals surface area contributed by atoms with Crippen molar-refractivity contribution >= 4 is 80.3 Å². The second kappa shape index (κ2) is 11.4. The average molecular weight is 746 g/mol. The number of fused-ring (bicyclic) bond motifs is 1. The zero-order valence-corrected chi connectivity index (χ0v) is 26.2. The molecule has 0 N–H and O–H groups in total. The molecule has 0 aliphatic carbocycles. The van der Waals surface area contributed by atoms with Gasteiger partial charge in [-0.05, 0) is 108 Å². The quantitative estimate of drug-likeness (QED) is 0.199. The highest BCUT2D eigenvalue weighted by Gasteiger charge is 2.33. The van der Waals surface area contributed by atoms with Crippen LogP contribution in [0.5, 0.6) is 5.75 Å². The molecule has 3 aromatic rings. The molecule has 0 spiro atoms. The standard InChI is InChI=1S/C26H24I2N2O4S2/c1-13(2)34-25(32)21-14(3)29-26-30(22(21)15-6-8-18(35-5)9-7-15)24(31)20(36-26)11-16-10-17(27)12-19(28)23(16)33-4/h6-13,22H,1-5H3/b20-11-/t22-/m0/s1. The van der Waals surface area contributed by atoms with Gasteiger partial charge in [-0.2, -0.15) is 0 Å². The van der Waals surface area contributed by atoms with Crippen LogP contribution in [0, 0.1) is 7.14 Å². The normalized spacial score (nSPS) is 15.7. The van der Waals surface area contributed by atoms with E-state index in [1.165, 1.54) is 11.3 Å². The minimum atomic E-state index is -0.636. The number of halogens is 2. The van der Waals surface area contributed by atoms with Crippen LogP contribution in [0.2, 0.25) is 0 Å². The van der Waals surface area contributed by atoms with E-state index in [1.807, 2.05) is 48.7 Å². The summed E-state index contributed by atoms with van der Waals surface area (Å²) in [7, 11) is 1.62. The third-order valence-electron chi connectivity index (χ3n) is 5.54. The Morgan fingerprint density at radius 1 is 1.22 bits per heavy atom. The highest BCUT2D eigenvalue weighted by molar-refractivity contribution is 14.1. The monoisotopic (exact) mass is 746 g/mol. The van der Waals surface area contributed by atoms with Gasteiger partial charge in [-0.25, -0.2) is 9.79 Å². The zero-order chi connectivity index (χ0) is 26.1. The van der Waals surface area contributed by atoms with Gasteiger partial charge in [0.2, 0.25) is 0 Å². The molecule has 0 saturated heterocycles. The molecule has 1 aliphatic heterocycles. The maximum atomic E-state index is 13.9. The van der Waals surface area contributed by atoms with Gasteiger partial charge in [0.15, 0.2) is 4.80 Å². The molecule has 0 fully saturated rings. The SMILES string of the molecule is COc1c(I)cc(I)cc1/C=c1\sc2n(c1=O)[C@@H](c1ccc(SC)cc1)C(C(=O)OC(C)C)=C(C)N=2. The van der Waals surface area contributed by atoms with E-state index in [4.69, 9.17) is 9.47 Å². The molecule has 0 saturated carbocycles. The van der Waals surface area contributed by atoms with E-state index in [1.54, 1.807) is 44.2 Å². The van der Waals surface area contributed by atoms with Gasteiger partial charge >= 0.3 is 5.97 Å². The third-order valence-corrected chi connectivity index (χ3v) is 8.69. The molecule has 6 nitrogen and oxygen atoms in total. The number of thiazole rings is 1. The predicted octanol–water partition coefficient (Wildman–Crippen LogP) is 5.13. The van der Waals surface area contributed by atoms with Crippen molar-refractivity contribution in [3.63, 3.8) is 0 Å². The van der Waals surface area contributed by atoms with E-state index < -0.39 is 12.0 Å². The van der Waals surface area contributed by atoms with Gasteiger partial charge in [-0.15, -0.1) is 11.8 Å². The number of hydrogen-bond acceptors (Lipinski definition) is 7. The Morgan fingerprint density at radius 3 is 2.53 bits per heavy atom. The molecule has 2 aromatic carbocycles. The molecule has 188 valence electrons. The molecular weight excluding hydrogens is 722 g/mol. The maximum absolute atomic E-state index is 13.9. The number of thioether (sulfide) groups is 1. The molecule has 1 aliphatic rings. The van der Waals surface area contributed by atoms with E-state index in [0.29, 0.717) is 26.4 Å². The highest BCUT2D eigenvalue weighted by atomic mass is 127. The Bertz CT molecular complexity index is 1540. The first kappa shape index (κ1) is 27.4. The largest absolute Gasteiger partial charge is 0.495 e. The number of nitrogens with zero attached hydrogens (tertiary/aromatic N) is 2. The Labute approximate surface area is 244 Å². The summed E-state index contributed by atoms with van der Waals surface area (Å²) in [5.74, 6) is 0.247. The molecule has 0 amide bonds. The summed E-state index contributed by atoms with van der Waals surface area (Å²) in [6, 6.07) is 11.3. The van der Waals surface area contributed by atoms with Crippen LogP contribution >= 0.6 is 68.3 Å². The first-order valence-electron chi connectivity index (χ1n) is 11.0. The molecule has 36 heavy (non-hydrogen) atoms. The summed E-state index contributed by atoms with van der Waals surface area (Å²) in [4.78, 5) is 33.4. The van der Waals surface area contributed by atoms with Gasteiger partial charge in [-0.3, -0.25) is 9.36 Å². The first-order chi connectivity index (χ1) is 17.1. The number of carbonyl (C=O) groups excluding carboxylic acids is 1. The molecule has 0 bridgehead atoms. The van der Waals surface area contributed by atoms with Crippen molar-refractivity contribution in [1.82, 2.24) is 4.57 Å². The van der Waals surface area contributed by atoms with Gasteiger partial charge in [0.05, 0.1) is 38.6 Å². The van der Waals surface area contributed by atoms with Gasteiger partial charge in [0, 0.05) is 14.0 Å². The number of ether oxygens (including phenoxy) is 2. The van der Waals surface area contributed by atoms with E-state index in [2.05, 4.69) is 50.2 Å². The van der Waals surface area contributed by atoms with E-state index in [9.17, 15) is 9.59 Å². The van der Waals surface area contributed by atoms with Crippen LogP contribution in [-0.2, 0) is 9.53 Å². The number of benzene rings is 2. The fourth-order valence-corrected chi connectivity index (χ4v) is 7.56. The van der Waals surface area contributed by atoms with Crippen molar-refractivity contribution in [2.75, 3.05) is 13.4 Å². The summed E-state index contributed by atoms with van der Waals surface area (Å²) in [6.07, 6.45) is 3.55. The van der Waals surface area contributed by atoms with Gasteiger partial charge < -0.3 is 9.47 Å². The zero-order valence-electron chi connectivity index (χ0n) is 20.3. The van der Waals surface area contributed by atoms with Crippen molar-refractivity contribution in [3.8, 4) is 5.75 Å².